The van der Waals surface area contributed by atoms with Crippen molar-refractivity contribution in [1.82, 2.24) is 0 Å². The molecule has 0 N–H and O–H groups in total. The largest absolute Gasteiger partial charge is 0.490 e. The van der Waals surface area contributed by atoms with E-state index in [0.717, 1.165) is 18.4 Å². The van der Waals surface area contributed by atoms with E-state index in [0.29, 0.717) is 12.2 Å². The summed E-state index contributed by atoms with van der Waals surface area (Å²) in [5, 5.41) is 0. The Labute approximate surface area is 130 Å². The lowest BCUT2D eigenvalue weighted by Crippen LogP contribution is -2.33. The van der Waals surface area contributed by atoms with E-state index in [1.165, 1.54) is 5.56 Å². The molecule has 2 aliphatic rings. The van der Waals surface area contributed by atoms with Crippen LogP contribution in [0, 0.1) is 5.92 Å². The van der Waals surface area contributed by atoms with Crippen molar-refractivity contribution in [2.75, 3.05) is 0 Å². The van der Waals surface area contributed by atoms with Crippen molar-refractivity contribution in [2.24, 2.45) is 5.92 Å². The Kier molecular flexibility index (Phi) is 4.04. The number of alkyl halides is 4. The highest BCUT2D eigenvalue weighted by Gasteiger charge is 2.46. The van der Waals surface area contributed by atoms with E-state index in [2.05, 4.69) is 22.0 Å². The molecule has 21 heavy (non-hydrogen) atoms. The number of fused-ring (bicyclic) bond motifs is 1. The monoisotopic (exact) mass is 360 g/mol. The molecule has 114 valence electrons. The van der Waals surface area contributed by atoms with Gasteiger partial charge in [-0.1, -0.05) is 40.2 Å². The van der Waals surface area contributed by atoms with E-state index >= 15 is 0 Å². The van der Waals surface area contributed by atoms with E-state index in [1.807, 2.05) is 18.2 Å². The van der Waals surface area contributed by atoms with Gasteiger partial charge in [0.15, 0.2) is 0 Å². The molecule has 0 spiro atoms. The quantitative estimate of drug-likeness (QED) is 0.649. The number of benzene rings is 1. The minimum atomic E-state index is -4.19. The molecule has 1 nitrogen and oxygen atoms in total. The van der Waals surface area contributed by atoms with Crippen LogP contribution in [0.15, 0.2) is 36.1 Å². The summed E-state index contributed by atoms with van der Waals surface area (Å²) in [5.74, 6) is -0.885. The van der Waals surface area contributed by atoms with Gasteiger partial charge in [0.2, 0.25) is 0 Å². The minimum absolute atomic E-state index is 0.0713. The second kappa shape index (κ2) is 5.67. The van der Waals surface area contributed by atoms with Crippen LogP contribution in [-0.2, 0) is 11.2 Å². The molecule has 0 amide bonds. The van der Waals surface area contributed by atoms with Gasteiger partial charge in [-0.2, -0.15) is 13.2 Å². The van der Waals surface area contributed by atoms with Gasteiger partial charge in [-0.05, 0) is 36.5 Å². The summed E-state index contributed by atoms with van der Waals surface area (Å²) in [4.78, 5) is -0.555. The Morgan fingerprint density at radius 1 is 1.19 bits per heavy atom. The van der Waals surface area contributed by atoms with Crippen LogP contribution in [0.3, 0.4) is 0 Å². The maximum Gasteiger partial charge on any atom is 0.393 e. The van der Waals surface area contributed by atoms with Gasteiger partial charge in [0.1, 0.15) is 6.10 Å². The fourth-order valence-corrected chi connectivity index (χ4v) is 3.75. The molecule has 0 fully saturated rings. The standard InChI is InChI=1S/C16H16BrF3O/c17-14-7-6-11(9-13(14)16(18,19)20)21-15-8-5-10-3-1-2-4-12(10)15/h1-4,6,13-15H,5,7-9H2. The van der Waals surface area contributed by atoms with Gasteiger partial charge >= 0.3 is 6.18 Å². The van der Waals surface area contributed by atoms with E-state index in [4.69, 9.17) is 4.74 Å². The van der Waals surface area contributed by atoms with Crippen molar-refractivity contribution >= 4 is 15.9 Å². The third kappa shape index (κ3) is 3.12. The number of allylic oxidation sites excluding steroid dienone is 2. The van der Waals surface area contributed by atoms with Gasteiger partial charge in [0, 0.05) is 11.2 Å². The van der Waals surface area contributed by atoms with Crippen LogP contribution in [0.25, 0.3) is 0 Å². The molecule has 0 saturated carbocycles. The highest BCUT2D eigenvalue weighted by atomic mass is 79.9. The number of aryl methyl sites for hydroxylation is 1. The third-order valence-electron chi connectivity index (χ3n) is 4.22. The summed E-state index contributed by atoms with van der Waals surface area (Å²) in [5.41, 5.74) is 2.35. The highest BCUT2D eigenvalue weighted by Crippen LogP contribution is 2.43. The molecule has 2 aliphatic carbocycles. The molecular weight excluding hydrogens is 345 g/mol. The molecule has 3 rings (SSSR count). The van der Waals surface area contributed by atoms with Crippen LogP contribution in [0.5, 0.6) is 0 Å². The number of ether oxygens (including phenoxy) is 1. The van der Waals surface area contributed by atoms with E-state index in [1.54, 1.807) is 6.08 Å². The van der Waals surface area contributed by atoms with Crippen molar-refractivity contribution < 1.29 is 17.9 Å². The number of hydrogen-bond acceptors (Lipinski definition) is 1. The summed E-state index contributed by atoms with van der Waals surface area (Å²) in [6.07, 6.45) is -0.449. The molecule has 0 aromatic heterocycles. The molecule has 0 aliphatic heterocycles. The average Bonchev–Trinajstić information content (AvgIpc) is 2.83. The van der Waals surface area contributed by atoms with Crippen molar-refractivity contribution in [3.05, 3.63) is 47.2 Å². The normalized spacial score (nSPS) is 29.0. The molecule has 0 saturated heterocycles. The van der Waals surface area contributed by atoms with Crippen LogP contribution in [0.4, 0.5) is 13.2 Å². The summed E-state index contributed by atoms with van der Waals surface area (Å²) in [7, 11) is 0. The zero-order valence-electron chi connectivity index (χ0n) is 11.4. The predicted molar refractivity (Wildman–Crippen MR) is 78.2 cm³/mol. The maximum atomic E-state index is 13.0. The van der Waals surface area contributed by atoms with Crippen LogP contribution >= 0.6 is 15.9 Å². The van der Waals surface area contributed by atoms with Crippen LogP contribution in [0.1, 0.15) is 36.5 Å². The lowest BCUT2D eigenvalue weighted by molar-refractivity contribution is -0.177. The van der Waals surface area contributed by atoms with Crippen LogP contribution < -0.4 is 0 Å². The van der Waals surface area contributed by atoms with Crippen LogP contribution in [0.2, 0.25) is 0 Å². The highest BCUT2D eigenvalue weighted by molar-refractivity contribution is 9.09. The fourth-order valence-electron chi connectivity index (χ4n) is 3.08. The number of halogens is 4. The molecule has 0 bridgehead atoms. The summed E-state index contributed by atoms with van der Waals surface area (Å²) < 4.78 is 44.9. The second-order valence-electron chi connectivity index (χ2n) is 5.62. The lowest BCUT2D eigenvalue weighted by Gasteiger charge is -2.30. The SMILES string of the molecule is FC(F)(F)C1CC(OC2CCc3ccccc32)=CCC1Br. The summed E-state index contributed by atoms with van der Waals surface area (Å²) in [6, 6.07) is 7.99. The van der Waals surface area contributed by atoms with E-state index in [-0.39, 0.29) is 12.5 Å². The summed E-state index contributed by atoms with van der Waals surface area (Å²) >= 11 is 3.14. The first kappa shape index (κ1) is 14.9. The molecular formula is C16H16BrF3O. The van der Waals surface area contributed by atoms with Crippen molar-refractivity contribution in [2.45, 2.75) is 42.8 Å². The second-order valence-corrected chi connectivity index (χ2v) is 6.79. The van der Waals surface area contributed by atoms with E-state index < -0.39 is 16.9 Å². The fraction of sp³-hybridized carbons (Fsp3) is 0.500. The van der Waals surface area contributed by atoms with Gasteiger partial charge in [0.25, 0.3) is 0 Å². The van der Waals surface area contributed by atoms with Gasteiger partial charge in [0.05, 0.1) is 11.7 Å². The van der Waals surface area contributed by atoms with Crippen LogP contribution in [-0.4, -0.2) is 11.0 Å². The van der Waals surface area contributed by atoms with Crippen molar-refractivity contribution in [3.8, 4) is 0 Å². The Morgan fingerprint density at radius 3 is 2.71 bits per heavy atom. The van der Waals surface area contributed by atoms with Crippen molar-refractivity contribution in [1.29, 1.82) is 0 Å². The zero-order chi connectivity index (χ0) is 15.0. The zero-order valence-corrected chi connectivity index (χ0v) is 13.0. The average molecular weight is 361 g/mol. The van der Waals surface area contributed by atoms with Gasteiger partial charge in [-0.15, -0.1) is 0 Å². The third-order valence-corrected chi connectivity index (χ3v) is 5.23. The first-order valence-electron chi connectivity index (χ1n) is 7.09. The van der Waals surface area contributed by atoms with Gasteiger partial charge in [-0.25, -0.2) is 0 Å². The number of hydrogen-bond donors (Lipinski definition) is 0. The first-order valence-corrected chi connectivity index (χ1v) is 8.01. The molecule has 5 heteroatoms. The molecule has 1 aromatic rings. The Hall–Kier alpha value is -0.970. The van der Waals surface area contributed by atoms with Crippen molar-refractivity contribution in [3.63, 3.8) is 0 Å². The smallest absolute Gasteiger partial charge is 0.393 e. The van der Waals surface area contributed by atoms with E-state index in [9.17, 15) is 13.2 Å². The molecule has 1 aromatic carbocycles. The van der Waals surface area contributed by atoms with Gasteiger partial charge in [-0.3, -0.25) is 0 Å². The lowest BCUT2D eigenvalue weighted by atomic mass is 9.92. The first-order chi connectivity index (χ1) is 9.95. The van der Waals surface area contributed by atoms with Gasteiger partial charge < -0.3 is 4.74 Å². The molecule has 0 radical (unpaired) electrons. The molecule has 0 heterocycles. The molecule has 3 atom stereocenters. The minimum Gasteiger partial charge on any atom is -0.490 e. The summed E-state index contributed by atoms with van der Waals surface area (Å²) in [6.45, 7) is 0. The Balaban J connectivity index is 1.72. The Bertz CT molecular complexity index is 553. The maximum absolute atomic E-state index is 13.0. The Morgan fingerprint density at radius 2 is 1.95 bits per heavy atom. The molecule has 3 unspecified atom stereocenters. The predicted octanol–water partition coefficient (Wildman–Crippen LogP) is 5.31. The number of rotatable bonds is 2. The topological polar surface area (TPSA) is 9.23 Å².